The van der Waals surface area contributed by atoms with Gasteiger partial charge in [0, 0.05) is 32.8 Å². The number of ether oxygens (including phenoxy) is 2. The zero-order valence-corrected chi connectivity index (χ0v) is 13.0. The summed E-state index contributed by atoms with van der Waals surface area (Å²) in [6.07, 6.45) is 2.86. The molecule has 0 saturated carbocycles. The summed E-state index contributed by atoms with van der Waals surface area (Å²) in [5.74, 6) is -0.0889. The van der Waals surface area contributed by atoms with Gasteiger partial charge in [-0.25, -0.2) is 0 Å². The lowest BCUT2D eigenvalue weighted by Gasteiger charge is -2.32. The third-order valence-corrected chi connectivity index (χ3v) is 4.57. The minimum absolute atomic E-state index is 0.0889. The third-order valence-electron chi connectivity index (χ3n) is 4.57. The van der Waals surface area contributed by atoms with Gasteiger partial charge >= 0.3 is 5.97 Å². The molecule has 5 nitrogen and oxygen atoms in total. The van der Waals surface area contributed by atoms with Crippen LogP contribution in [0.15, 0.2) is 0 Å². The molecule has 0 bridgehead atoms. The summed E-state index contributed by atoms with van der Waals surface area (Å²) >= 11 is 0. The Bertz CT molecular complexity index is 329. The number of hydrogen-bond donors (Lipinski definition) is 1. The molecule has 0 aliphatic carbocycles. The number of likely N-dealkylation sites (tertiary alicyclic amines) is 1. The summed E-state index contributed by atoms with van der Waals surface area (Å²) < 4.78 is 10.6. The van der Waals surface area contributed by atoms with Crippen molar-refractivity contribution in [2.45, 2.75) is 45.3 Å². The molecule has 0 aromatic heterocycles. The van der Waals surface area contributed by atoms with Crippen LogP contribution in [0.5, 0.6) is 0 Å². The average molecular weight is 284 g/mol. The molecular formula is C15H28N2O3. The van der Waals surface area contributed by atoms with Crippen molar-refractivity contribution >= 4 is 5.97 Å². The standard InChI is InChI=1S/C15H28N2O3/c1-4-20-14(18)8-12-7-13(19-3)9-17(12)11-15(2)5-6-16-10-15/h12-13,16H,4-11H2,1-3H3. The molecule has 0 aromatic carbocycles. The molecule has 2 fully saturated rings. The highest BCUT2D eigenvalue weighted by molar-refractivity contribution is 5.70. The molecule has 116 valence electrons. The highest BCUT2D eigenvalue weighted by atomic mass is 16.5. The van der Waals surface area contributed by atoms with E-state index in [9.17, 15) is 4.79 Å². The van der Waals surface area contributed by atoms with Crippen LogP contribution in [0.25, 0.3) is 0 Å². The van der Waals surface area contributed by atoms with Crippen molar-refractivity contribution in [1.29, 1.82) is 0 Å². The lowest BCUT2D eigenvalue weighted by molar-refractivity contribution is -0.144. The lowest BCUT2D eigenvalue weighted by Crippen LogP contribution is -2.41. The molecule has 0 radical (unpaired) electrons. The third kappa shape index (κ3) is 3.93. The molecule has 2 aliphatic heterocycles. The van der Waals surface area contributed by atoms with Crippen molar-refractivity contribution in [3.8, 4) is 0 Å². The molecule has 2 aliphatic rings. The van der Waals surface area contributed by atoms with Crippen LogP contribution in [0.2, 0.25) is 0 Å². The number of nitrogens with one attached hydrogen (secondary N) is 1. The molecule has 20 heavy (non-hydrogen) atoms. The van der Waals surface area contributed by atoms with Crippen LogP contribution in [-0.2, 0) is 14.3 Å². The van der Waals surface area contributed by atoms with Crippen molar-refractivity contribution < 1.29 is 14.3 Å². The van der Waals surface area contributed by atoms with Gasteiger partial charge in [0.15, 0.2) is 0 Å². The second-order valence-electron chi connectivity index (χ2n) is 6.42. The summed E-state index contributed by atoms with van der Waals surface area (Å²) in [6.45, 7) is 8.76. The van der Waals surface area contributed by atoms with Gasteiger partial charge in [-0.1, -0.05) is 6.92 Å². The van der Waals surface area contributed by atoms with Crippen LogP contribution in [0, 0.1) is 5.41 Å². The van der Waals surface area contributed by atoms with Gasteiger partial charge in [0.1, 0.15) is 0 Å². The first-order chi connectivity index (χ1) is 9.56. The van der Waals surface area contributed by atoms with Crippen LogP contribution < -0.4 is 5.32 Å². The van der Waals surface area contributed by atoms with Crippen molar-refractivity contribution in [2.24, 2.45) is 5.41 Å². The minimum atomic E-state index is -0.0889. The van der Waals surface area contributed by atoms with Crippen LogP contribution in [0.3, 0.4) is 0 Å². The Kier molecular flexibility index (Phi) is 5.41. The van der Waals surface area contributed by atoms with E-state index in [1.165, 1.54) is 6.42 Å². The predicted molar refractivity (Wildman–Crippen MR) is 77.6 cm³/mol. The number of carbonyl (C=O) groups is 1. The van der Waals surface area contributed by atoms with Gasteiger partial charge in [0.25, 0.3) is 0 Å². The van der Waals surface area contributed by atoms with Crippen LogP contribution in [0.1, 0.15) is 33.1 Å². The Balaban J connectivity index is 1.94. The highest BCUT2D eigenvalue weighted by Gasteiger charge is 2.39. The van der Waals surface area contributed by atoms with Crippen molar-refractivity contribution in [3.05, 3.63) is 0 Å². The first-order valence-electron chi connectivity index (χ1n) is 7.69. The largest absolute Gasteiger partial charge is 0.466 e. The van der Waals surface area contributed by atoms with E-state index in [1.807, 2.05) is 6.92 Å². The molecular weight excluding hydrogens is 256 g/mol. The van der Waals surface area contributed by atoms with Crippen molar-refractivity contribution in [3.63, 3.8) is 0 Å². The fourth-order valence-electron chi connectivity index (χ4n) is 3.42. The first-order valence-corrected chi connectivity index (χ1v) is 7.69. The van der Waals surface area contributed by atoms with Gasteiger partial charge in [0.05, 0.1) is 19.1 Å². The normalized spacial score (nSPS) is 34.5. The summed E-state index contributed by atoms with van der Waals surface area (Å²) in [5.41, 5.74) is 0.315. The van der Waals surface area contributed by atoms with E-state index < -0.39 is 0 Å². The summed E-state index contributed by atoms with van der Waals surface area (Å²) in [7, 11) is 1.76. The van der Waals surface area contributed by atoms with E-state index in [1.54, 1.807) is 7.11 Å². The quantitative estimate of drug-likeness (QED) is 0.738. The first kappa shape index (κ1) is 15.7. The van der Waals surface area contributed by atoms with Crippen LogP contribution in [-0.4, -0.2) is 62.9 Å². The van der Waals surface area contributed by atoms with E-state index in [2.05, 4.69) is 17.1 Å². The second kappa shape index (κ2) is 6.87. The topological polar surface area (TPSA) is 50.8 Å². The maximum atomic E-state index is 11.8. The number of esters is 1. The van der Waals surface area contributed by atoms with Crippen molar-refractivity contribution in [1.82, 2.24) is 10.2 Å². The Hall–Kier alpha value is -0.650. The van der Waals surface area contributed by atoms with E-state index in [0.717, 1.165) is 32.6 Å². The lowest BCUT2D eigenvalue weighted by atomic mass is 9.89. The molecule has 3 atom stereocenters. The minimum Gasteiger partial charge on any atom is -0.466 e. The summed E-state index contributed by atoms with van der Waals surface area (Å²) in [6, 6.07) is 0.261. The van der Waals surface area contributed by atoms with Crippen LogP contribution >= 0.6 is 0 Å². The van der Waals surface area contributed by atoms with E-state index in [0.29, 0.717) is 18.4 Å². The molecule has 0 spiro atoms. The Labute approximate surface area is 122 Å². The van der Waals surface area contributed by atoms with Gasteiger partial charge in [0.2, 0.25) is 0 Å². The van der Waals surface area contributed by atoms with Crippen LogP contribution in [0.4, 0.5) is 0 Å². The molecule has 2 rings (SSSR count). The number of rotatable bonds is 6. The molecule has 0 aromatic rings. The molecule has 3 unspecified atom stereocenters. The SMILES string of the molecule is CCOC(=O)CC1CC(OC)CN1CC1(C)CCNC1. The average Bonchev–Trinajstić information content (AvgIpc) is 2.98. The molecule has 1 N–H and O–H groups in total. The fourth-order valence-corrected chi connectivity index (χ4v) is 3.42. The van der Waals surface area contributed by atoms with Gasteiger partial charge in [-0.05, 0) is 31.7 Å². The van der Waals surface area contributed by atoms with Gasteiger partial charge in [-0.15, -0.1) is 0 Å². The number of carbonyl (C=O) groups excluding carboxylic acids is 1. The van der Waals surface area contributed by atoms with Crippen molar-refractivity contribution in [2.75, 3.05) is 39.9 Å². The molecule has 5 heteroatoms. The Morgan fingerprint density at radius 3 is 2.90 bits per heavy atom. The highest BCUT2D eigenvalue weighted by Crippen LogP contribution is 2.31. The zero-order valence-electron chi connectivity index (χ0n) is 13.0. The maximum Gasteiger partial charge on any atom is 0.307 e. The molecule has 2 heterocycles. The van der Waals surface area contributed by atoms with E-state index in [4.69, 9.17) is 9.47 Å². The molecule has 2 saturated heterocycles. The van der Waals surface area contributed by atoms with Gasteiger partial charge in [-0.2, -0.15) is 0 Å². The summed E-state index contributed by atoms with van der Waals surface area (Å²) in [5, 5.41) is 3.44. The Morgan fingerprint density at radius 2 is 2.30 bits per heavy atom. The fraction of sp³-hybridized carbons (Fsp3) is 0.933. The monoisotopic (exact) mass is 284 g/mol. The van der Waals surface area contributed by atoms with Gasteiger partial charge < -0.3 is 14.8 Å². The number of methoxy groups -OCH3 is 1. The van der Waals surface area contributed by atoms with E-state index in [-0.39, 0.29) is 18.1 Å². The molecule has 0 amide bonds. The summed E-state index contributed by atoms with van der Waals surface area (Å²) in [4.78, 5) is 14.2. The second-order valence-corrected chi connectivity index (χ2v) is 6.42. The number of hydrogen-bond acceptors (Lipinski definition) is 5. The van der Waals surface area contributed by atoms with E-state index >= 15 is 0 Å². The van der Waals surface area contributed by atoms with Gasteiger partial charge in [-0.3, -0.25) is 9.69 Å². The number of nitrogens with zero attached hydrogens (tertiary/aromatic N) is 1. The Morgan fingerprint density at radius 1 is 1.50 bits per heavy atom. The maximum absolute atomic E-state index is 11.8. The zero-order chi connectivity index (χ0) is 14.6. The predicted octanol–water partition coefficient (Wildman–Crippen LogP) is 1.03. The smallest absolute Gasteiger partial charge is 0.307 e.